The van der Waals surface area contributed by atoms with Gasteiger partial charge in [-0.3, -0.25) is 14.3 Å². The Labute approximate surface area is 237 Å². The van der Waals surface area contributed by atoms with Gasteiger partial charge in [0.05, 0.1) is 32.9 Å². The third kappa shape index (κ3) is 5.92. The van der Waals surface area contributed by atoms with E-state index in [1.807, 2.05) is 0 Å². The predicted molar refractivity (Wildman–Crippen MR) is 154 cm³/mol. The minimum absolute atomic E-state index is 0.141. The topological polar surface area (TPSA) is 151 Å². The van der Waals surface area contributed by atoms with Crippen molar-refractivity contribution in [2.24, 2.45) is 0 Å². The highest BCUT2D eigenvalue weighted by molar-refractivity contribution is 7.90. The Kier molecular flexibility index (Phi) is 8.13. The molecule has 1 aromatic heterocycles. The van der Waals surface area contributed by atoms with Gasteiger partial charge in [-0.15, -0.1) is 0 Å². The number of nitrogens with zero attached hydrogens (tertiary/aromatic N) is 3. The SMILES string of the molecule is C[C@@H](c1nc2cccc(Cl)c2c(=O)n1-c1cccc(NC(=O)NS(=O)(=O)C2CCCC2)c1)N(C(=O)O)C(C)(C)C. The van der Waals surface area contributed by atoms with Gasteiger partial charge in [0.2, 0.25) is 10.0 Å². The molecule has 0 spiro atoms. The number of benzene rings is 2. The molecular formula is C27H32ClN5O6S. The smallest absolute Gasteiger partial charge is 0.408 e. The van der Waals surface area contributed by atoms with Gasteiger partial charge < -0.3 is 10.4 Å². The van der Waals surface area contributed by atoms with E-state index < -0.39 is 44.5 Å². The largest absolute Gasteiger partial charge is 0.465 e. The number of rotatable bonds is 6. The van der Waals surface area contributed by atoms with E-state index in [0.29, 0.717) is 18.4 Å². The number of anilines is 1. The average molecular weight is 590 g/mol. The van der Waals surface area contributed by atoms with E-state index in [-0.39, 0.29) is 27.6 Å². The van der Waals surface area contributed by atoms with Gasteiger partial charge in [0.25, 0.3) is 5.56 Å². The lowest BCUT2D eigenvalue weighted by molar-refractivity contribution is 0.0719. The Hall–Kier alpha value is -3.64. The van der Waals surface area contributed by atoms with Crippen LogP contribution in [0.4, 0.5) is 15.3 Å². The van der Waals surface area contributed by atoms with E-state index in [1.54, 1.807) is 64.1 Å². The number of nitrogens with one attached hydrogen (secondary N) is 2. The fourth-order valence-corrected chi connectivity index (χ4v) is 6.86. The van der Waals surface area contributed by atoms with Gasteiger partial charge in [0, 0.05) is 11.2 Å². The van der Waals surface area contributed by atoms with Crippen LogP contribution < -0.4 is 15.6 Å². The van der Waals surface area contributed by atoms with Gasteiger partial charge in [-0.2, -0.15) is 0 Å². The van der Waals surface area contributed by atoms with Crippen molar-refractivity contribution in [1.82, 2.24) is 19.2 Å². The molecule has 0 bridgehead atoms. The highest BCUT2D eigenvalue weighted by Gasteiger charge is 2.35. The Morgan fingerprint density at radius 1 is 1.15 bits per heavy atom. The van der Waals surface area contributed by atoms with Crippen molar-refractivity contribution in [3.63, 3.8) is 0 Å². The second kappa shape index (κ2) is 11.1. The number of hydrogen-bond acceptors (Lipinski definition) is 6. The summed E-state index contributed by atoms with van der Waals surface area (Å²) in [4.78, 5) is 44.6. The molecule has 0 saturated heterocycles. The van der Waals surface area contributed by atoms with E-state index in [4.69, 9.17) is 11.6 Å². The maximum absolute atomic E-state index is 13.9. The molecule has 3 N–H and O–H groups in total. The first kappa shape index (κ1) is 29.3. The number of carboxylic acid groups (broad SMARTS) is 1. The van der Waals surface area contributed by atoms with Crippen molar-refractivity contribution in [3.05, 3.63) is 63.7 Å². The van der Waals surface area contributed by atoms with Crippen LogP contribution in [0, 0.1) is 0 Å². The summed E-state index contributed by atoms with van der Waals surface area (Å²) in [6, 6.07) is 9.24. The molecule has 0 aliphatic heterocycles. The molecule has 0 unspecified atom stereocenters. The van der Waals surface area contributed by atoms with Crippen LogP contribution in [0.5, 0.6) is 0 Å². The van der Waals surface area contributed by atoms with Crippen LogP contribution >= 0.6 is 11.6 Å². The van der Waals surface area contributed by atoms with Gasteiger partial charge in [0.15, 0.2) is 0 Å². The number of hydrogen-bond donors (Lipinski definition) is 3. The molecule has 1 fully saturated rings. The number of fused-ring (bicyclic) bond motifs is 1. The zero-order valence-electron chi connectivity index (χ0n) is 22.6. The van der Waals surface area contributed by atoms with Crippen molar-refractivity contribution in [3.8, 4) is 5.69 Å². The summed E-state index contributed by atoms with van der Waals surface area (Å²) in [6.45, 7) is 6.85. The summed E-state index contributed by atoms with van der Waals surface area (Å²) < 4.78 is 28.4. The summed E-state index contributed by atoms with van der Waals surface area (Å²) in [5, 5.41) is 12.3. The highest BCUT2D eigenvalue weighted by atomic mass is 35.5. The van der Waals surface area contributed by atoms with E-state index in [0.717, 1.165) is 12.8 Å². The van der Waals surface area contributed by atoms with E-state index in [9.17, 15) is 27.9 Å². The molecule has 2 aromatic carbocycles. The molecule has 214 valence electrons. The maximum atomic E-state index is 13.9. The fourth-order valence-electron chi connectivity index (χ4n) is 5.18. The van der Waals surface area contributed by atoms with Crippen LogP contribution in [-0.2, 0) is 10.0 Å². The lowest BCUT2D eigenvalue weighted by Crippen LogP contribution is -2.47. The van der Waals surface area contributed by atoms with Gasteiger partial charge in [-0.05, 0) is 70.9 Å². The second-order valence-corrected chi connectivity index (χ2v) is 13.2. The molecule has 11 nitrogen and oxygen atoms in total. The Morgan fingerprint density at radius 3 is 2.42 bits per heavy atom. The average Bonchev–Trinajstić information content (AvgIpc) is 3.38. The molecule has 4 rings (SSSR count). The van der Waals surface area contributed by atoms with Crippen molar-refractivity contribution in [1.29, 1.82) is 0 Å². The molecule has 1 aliphatic carbocycles. The molecule has 1 atom stereocenters. The molecule has 1 saturated carbocycles. The maximum Gasteiger partial charge on any atom is 0.408 e. The lowest BCUT2D eigenvalue weighted by atomic mass is 10.0. The normalized spacial score (nSPS) is 15.1. The zero-order chi connectivity index (χ0) is 29.4. The van der Waals surface area contributed by atoms with Crippen LogP contribution in [-0.4, -0.2) is 50.9 Å². The van der Waals surface area contributed by atoms with Gasteiger partial charge in [-0.1, -0.05) is 36.6 Å². The highest BCUT2D eigenvalue weighted by Crippen LogP contribution is 2.30. The minimum Gasteiger partial charge on any atom is -0.465 e. The van der Waals surface area contributed by atoms with E-state index in [1.165, 1.54) is 15.5 Å². The van der Waals surface area contributed by atoms with Gasteiger partial charge >= 0.3 is 12.1 Å². The van der Waals surface area contributed by atoms with Crippen molar-refractivity contribution in [2.75, 3.05) is 5.32 Å². The zero-order valence-corrected chi connectivity index (χ0v) is 24.2. The van der Waals surface area contributed by atoms with Gasteiger partial charge in [0.1, 0.15) is 5.82 Å². The van der Waals surface area contributed by atoms with Crippen LogP contribution in [0.1, 0.15) is 65.2 Å². The number of urea groups is 1. The van der Waals surface area contributed by atoms with Crippen LogP contribution in [0.3, 0.4) is 0 Å². The first-order chi connectivity index (χ1) is 18.7. The van der Waals surface area contributed by atoms with Gasteiger partial charge in [-0.25, -0.2) is 27.7 Å². The Bertz CT molecular complexity index is 1630. The van der Waals surface area contributed by atoms with Crippen LogP contribution in [0.25, 0.3) is 16.6 Å². The number of carbonyl (C=O) groups excluding carboxylic acids is 1. The summed E-state index contributed by atoms with van der Waals surface area (Å²) in [5.41, 5.74) is -0.560. The molecule has 1 aliphatic rings. The number of amides is 3. The van der Waals surface area contributed by atoms with Crippen LogP contribution in [0.15, 0.2) is 47.3 Å². The predicted octanol–water partition coefficient (Wildman–Crippen LogP) is 5.27. The molecule has 13 heteroatoms. The Morgan fingerprint density at radius 2 is 1.80 bits per heavy atom. The molecule has 0 radical (unpaired) electrons. The summed E-state index contributed by atoms with van der Waals surface area (Å²) in [6.07, 6.45) is 1.40. The standard InChI is InChI=1S/C27H32ClN5O6S/c1-16(33(26(36)37)27(2,3)4)23-30-21-14-8-13-20(28)22(21)24(34)32(23)18-10-7-9-17(15-18)29-25(35)31-40(38,39)19-11-5-6-12-19/h7-10,13-16,19H,5-6,11-12H2,1-4H3,(H,36,37)(H2,29,31,35)/t16-/m0/s1. The number of sulfonamides is 1. The molecule has 1 heterocycles. The van der Waals surface area contributed by atoms with Crippen molar-refractivity contribution >= 4 is 50.3 Å². The first-order valence-electron chi connectivity index (χ1n) is 12.9. The third-order valence-corrected chi connectivity index (χ3v) is 9.03. The quantitative estimate of drug-likeness (QED) is 0.354. The summed E-state index contributed by atoms with van der Waals surface area (Å²) in [5.74, 6) is 0.141. The lowest BCUT2D eigenvalue weighted by Gasteiger charge is -2.38. The molecule has 3 aromatic rings. The van der Waals surface area contributed by atoms with E-state index >= 15 is 0 Å². The minimum atomic E-state index is -3.83. The van der Waals surface area contributed by atoms with Crippen molar-refractivity contribution in [2.45, 2.75) is 70.2 Å². The number of halogens is 1. The molecular weight excluding hydrogens is 558 g/mol. The summed E-state index contributed by atoms with van der Waals surface area (Å²) in [7, 11) is -3.83. The Balaban J connectivity index is 1.80. The first-order valence-corrected chi connectivity index (χ1v) is 14.8. The van der Waals surface area contributed by atoms with Crippen molar-refractivity contribution < 1.29 is 23.1 Å². The van der Waals surface area contributed by atoms with Crippen LogP contribution in [0.2, 0.25) is 5.02 Å². The molecule has 3 amide bonds. The monoisotopic (exact) mass is 589 g/mol. The fraction of sp³-hybridized carbons (Fsp3) is 0.407. The third-order valence-electron chi connectivity index (χ3n) is 6.90. The molecule has 40 heavy (non-hydrogen) atoms. The van der Waals surface area contributed by atoms with E-state index in [2.05, 4.69) is 15.0 Å². The number of carbonyl (C=O) groups is 2. The number of aromatic nitrogens is 2. The summed E-state index contributed by atoms with van der Waals surface area (Å²) >= 11 is 6.37. The second-order valence-electron chi connectivity index (χ2n) is 10.8.